The van der Waals surface area contributed by atoms with Crippen molar-refractivity contribution in [3.63, 3.8) is 0 Å². The van der Waals surface area contributed by atoms with Gasteiger partial charge in [0.1, 0.15) is 0 Å². The summed E-state index contributed by atoms with van der Waals surface area (Å²) in [4.78, 5) is 22.0. The van der Waals surface area contributed by atoms with Crippen LogP contribution in [0, 0.1) is 0 Å². The molecular formula is C12H8O4S. The van der Waals surface area contributed by atoms with Crippen molar-refractivity contribution in [3.8, 4) is 0 Å². The Hall–Kier alpha value is -2.01. The van der Waals surface area contributed by atoms with Gasteiger partial charge in [-0.15, -0.1) is 12.6 Å². The molecule has 0 saturated heterocycles. The monoisotopic (exact) mass is 248 g/mol. The minimum Gasteiger partial charge on any atom is -0.478 e. The molecule has 0 aromatic heterocycles. The van der Waals surface area contributed by atoms with E-state index in [1.807, 2.05) is 0 Å². The van der Waals surface area contributed by atoms with E-state index in [0.29, 0.717) is 5.39 Å². The summed E-state index contributed by atoms with van der Waals surface area (Å²) in [6.45, 7) is 0. The number of aromatic carboxylic acids is 2. The molecule has 0 fully saturated rings. The van der Waals surface area contributed by atoms with Crippen LogP contribution >= 0.6 is 12.6 Å². The second kappa shape index (κ2) is 4.10. The third-order valence-electron chi connectivity index (χ3n) is 2.47. The lowest BCUT2D eigenvalue weighted by Crippen LogP contribution is -2.00. The van der Waals surface area contributed by atoms with Crippen molar-refractivity contribution >= 4 is 35.3 Å². The van der Waals surface area contributed by atoms with Gasteiger partial charge >= 0.3 is 11.9 Å². The second-order valence-corrected chi connectivity index (χ2v) is 3.96. The van der Waals surface area contributed by atoms with Gasteiger partial charge in [0, 0.05) is 4.90 Å². The molecule has 0 bridgehead atoms. The van der Waals surface area contributed by atoms with Crippen molar-refractivity contribution in [1.29, 1.82) is 0 Å². The topological polar surface area (TPSA) is 74.6 Å². The molecule has 2 N–H and O–H groups in total. The van der Waals surface area contributed by atoms with Crippen LogP contribution in [0.2, 0.25) is 0 Å². The molecule has 2 rings (SSSR count). The predicted molar refractivity (Wildman–Crippen MR) is 65.1 cm³/mol. The van der Waals surface area contributed by atoms with Crippen LogP contribution in [0.5, 0.6) is 0 Å². The maximum Gasteiger partial charge on any atom is 0.336 e. The minimum atomic E-state index is -1.09. The van der Waals surface area contributed by atoms with Gasteiger partial charge in [-0.2, -0.15) is 0 Å². The van der Waals surface area contributed by atoms with Crippen molar-refractivity contribution < 1.29 is 19.8 Å². The molecule has 4 nitrogen and oxygen atoms in total. The molecule has 0 saturated carbocycles. The van der Waals surface area contributed by atoms with Crippen LogP contribution in [-0.4, -0.2) is 22.2 Å². The number of benzene rings is 2. The first kappa shape index (κ1) is 11.5. The van der Waals surface area contributed by atoms with Crippen molar-refractivity contribution in [1.82, 2.24) is 0 Å². The summed E-state index contributed by atoms with van der Waals surface area (Å²) in [5, 5.41) is 19.1. The Bertz CT molecular complexity index is 628. The molecule has 0 radical (unpaired) electrons. The number of fused-ring (bicyclic) bond motifs is 1. The van der Waals surface area contributed by atoms with Gasteiger partial charge in [0.15, 0.2) is 0 Å². The number of carbonyl (C=O) groups is 2. The molecule has 0 aliphatic carbocycles. The summed E-state index contributed by atoms with van der Waals surface area (Å²) in [5.74, 6) is -2.14. The van der Waals surface area contributed by atoms with E-state index in [0.717, 1.165) is 5.39 Å². The van der Waals surface area contributed by atoms with E-state index in [9.17, 15) is 9.59 Å². The van der Waals surface area contributed by atoms with Gasteiger partial charge in [-0.25, -0.2) is 9.59 Å². The minimum absolute atomic E-state index is 0.0587. The van der Waals surface area contributed by atoms with Crippen LogP contribution in [0.15, 0.2) is 35.2 Å². The Morgan fingerprint density at radius 1 is 1.00 bits per heavy atom. The lowest BCUT2D eigenvalue weighted by molar-refractivity contribution is 0.0685. The van der Waals surface area contributed by atoms with E-state index < -0.39 is 11.9 Å². The molecule has 0 aliphatic heterocycles. The zero-order valence-corrected chi connectivity index (χ0v) is 9.44. The molecule has 0 unspecified atom stereocenters. The smallest absolute Gasteiger partial charge is 0.336 e. The summed E-state index contributed by atoms with van der Waals surface area (Å²) < 4.78 is 0. The lowest BCUT2D eigenvalue weighted by Gasteiger charge is -2.06. The highest BCUT2D eigenvalue weighted by Gasteiger charge is 2.12. The van der Waals surface area contributed by atoms with Crippen molar-refractivity contribution in [2.75, 3.05) is 0 Å². The van der Waals surface area contributed by atoms with E-state index >= 15 is 0 Å². The average molecular weight is 248 g/mol. The molecule has 5 heteroatoms. The van der Waals surface area contributed by atoms with E-state index in [-0.39, 0.29) is 16.0 Å². The molecule has 0 amide bonds. The Kier molecular flexibility index (Phi) is 2.77. The lowest BCUT2D eigenvalue weighted by atomic mass is 10.0. The van der Waals surface area contributed by atoms with Gasteiger partial charge in [0.2, 0.25) is 0 Å². The predicted octanol–water partition coefficient (Wildman–Crippen LogP) is 2.52. The van der Waals surface area contributed by atoms with E-state index in [4.69, 9.17) is 10.2 Å². The Balaban J connectivity index is 2.78. The van der Waals surface area contributed by atoms with Gasteiger partial charge < -0.3 is 10.2 Å². The summed E-state index contributed by atoms with van der Waals surface area (Å²) in [6.07, 6.45) is 0. The third kappa shape index (κ3) is 1.97. The maximum absolute atomic E-state index is 10.9. The standard InChI is InChI=1S/C12H8O4S/c13-11(14)7-2-1-6-3-4-8(12(15)16)10(17)9(6)5-7/h1-5,17H,(H,13,14)(H,15,16). The van der Waals surface area contributed by atoms with Crippen LogP contribution in [0.4, 0.5) is 0 Å². The van der Waals surface area contributed by atoms with Crippen LogP contribution in [0.1, 0.15) is 20.7 Å². The van der Waals surface area contributed by atoms with Crippen molar-refractivity contribution in [3.05, 3.63) is 41.5 Å². The zero-order chi connectivity index (χ0) is 12.6. The van der Waals surface area contributed by atoms with E-state index in [1.165, 1.54) is 18.2 Å². The maximum atomic E-state index is 10.9. The second-order valence-electron chi connectivity index (χ2n) is 3.51. The van der Waals surface area contributed by atoms with Gasteiger partial charge in [0.25, 0.3) is 0 Å². The molecule has 17 heavy (non-hydrogen) atoms. The Morgan fingerprint density at radius 3 is 2.24 bits per heavy atom. The average Bonchev–Trinajstić information content (AvgIpc) is 2.28. The molecular weight excluding hydrogens is 240 g/mol. The molecule has 0 aliphatic rings. The first-order valence-electron chi connectivity index (χ1n) is 4.73. The number of thiol groups is 1. The van der Waals surface area contributed by atoms with E-state index in [2.05, 4.69) is 12.6 Å². The van der Waals surface area contributed by atoms with Gasteiger partial charge in [-0.05, 0) is 29.0 Å². The highest BCUT2D eigenvalue weighted by atomic mass is 32.1. The van der Waals surface area contributed by atoms with Crippen LogP contribution in [-0.2, 0) is 0 Å². The fourth-order valence-corrected chi connectivity index (χ4v) is 1.97. The van der Waals surface area contributed by atoms with Crippen molar-refractivity contribution in [2.24, 2.45) is 0 Å². The number of hydrogen-bond donors (Lipinski definition) is 3. The van der Waals surface area contributed by atoms with Gasteiger partial charge in [0.05, 0.1) is 11.1 Å². The molecule has 0 heterocycles. The first-order chi connectivity index (χ1) is 8.00. The number of carboxylic acid groups (broad SMARTS) is 2. The Morgan fingerprint density at radius 2 is 1.65 bits per heavy atom. The Labute approximate surface area is 102 Å². The number of carboxylic acids is 2. The highest BCUT2D eigenvalue weighted by molar-refractivity contribution is 7.80. The first-order valence-corrected chi connectivity index (χ1v) is 5.17. The van der Waals surface area contributed by atoms with Gasteiger partial charge in [-0.1, -0.05) is 12.1 Å². The zero-order valence-electron chi connectivity index (χ0n) is 8.54. The SMILES string of the molecule is O=C(O)c1ccc2ccc(C(=O)O)c(S)c2c1. The molecule has 2 aromatic rings. The van der Waals surface area contributed by atoms with E-state index in [1.54, 1.807) is 12.1 Å². The fraction of sp³-hybridized carbons (Fsp3) is 0. The molecule has 0 atom stereocenters. The number of hydrogen-bond acceptors (Lipinski definition) is 3. The molecule has 2 aromatic carbocycles. The largest absolute Gasteiger partial charge is 0.478 e. The van der Waals surface area contributed by atoms with Crippen LogP contribution < -0.4 is 0 Å². The van der Waals surface area contributed by atoms with Crippen LogP contribution in [0.3, 0.4) is 0 Å². The third-order valence-corrected chi connectivity index (χ3v) is 2.95. The highest BCUT2D eigenvalue weighted by Crippen LogP contribution is 2.27. The van der Waals surface area contributed by atoms with Gasteiger partial charge in [-0.3, -0.25) is 0 Å². The van der Waals surface area contributed by atoms with Crippen molar-refractivity contribution in [2.45, 2.75) is 4.90 Å². The summed E-state index contributed by atoms with van der Waals surface area (Å²) in [7, 11) is 0. The molecule has 0 spiro atoms. The quantitative estimate of drug-likeness (QED) is 0.714. The van der Waals surface area contributed by atoms with Crippen LogP contribution in [0.25, 0.3) is 10.8 Å². The molecule has 86 valence electrons. The summed E-state index contributed by atoms with van der Waals surface area (Å²) in [6, 6.07) is 7.60. The summed E-state index contributed by atoms with van der Waals surface area (Å²) in [5.41, 5.74) is 0.165. The summed E-state index contributed by atoms with van der Waals surface area (Å²) >= 11 is 4.15. The number of rotatable bonds is 2. The fourth-order valence-electron chi connectivity index (χ4n) is 1.61. The normalized spacial score (nSPS) is 10.4.